The van der Waals surface area contributed by atoms with Crippen LogP contribution in [0.25, 0.3) is 0 Å². The van der Waals surface area contributed by atoms with Gasteiger partial charge in [-0.2, -0.15) is 0 Å². The molecular formula is C54H68N4O4. The average molecular weight is 837 g/mol. The van der Waals surface area contributed by atoms with Crippen LogP contribution in [0.3, 0.4) is 0 Å². The second-order valence-corrected chi connectivity index (χ2v) is 17.5. The summed E-state index contributed by atoms with van der Waals surface area (Å²) < 4.78 is 36.0. The normalized spacial score (nSPS) is 12.5. The molecule has 0 amide bonds. The Bertz CT molecular complexity index is 2150. The lowest BCUT2D eigenvalue weighted by Crippen LogP contribution is -2.33. The number of aromatic nitrogens is 4. The van der Waals surface area contributed by atoms with E-state index < -0.39 is 0 Å². The Morgan fingerprint density at radius 3 is 1.02 bits per heavy atom. The molecule has 8 heteroatoms. The molecule has 8 bridgehead atoms. The quantitative estimate of drug-likeness (QED) is 0.0638. The molecule has 0 unspecified atom stereocenters. The number of imidazole rings is 2. The van der Waals surface area contributed by atoms with E-state index in [1.54, 1.807) is 0 Å². The highest BCUT2D eigenvalue weighted by molar-refractivity contribution is 5.57. The fraction of sp³-hybridized carbons (Fsp3) is 0.444. The molecule has 4 aromatic carbocycles. The zero-order valence-corrected chi connectivity index (χ0v) is 38.6. The first-order valence-corrected chi connectivity index (χ1v) is 23.2. The third kappa shape index (κ3) is 10.7. The van der Waals surface area contributed by atoms with Crippen molar-refractivity contribution >= 4 is 0 Å². The first-order valence-electron chi connectivity index (χ1n) is 23.2. The Balaban J connectivity index is 1.46. The number of fused-ring (bicyclic) bond motifs is 8. The molecule has 0 saturated heterocycles. The number of benzene rings is 4. The largest absolute Gasteiger partial charge is 0.493 e. The van der Waals surface area contributed by atoms with Crippen molar-refractivity contribution in [1.29, 1.82) is 0 Å². The predicted molar refractivity (Wildman–Crippen MR) is 246 cm³/mol. The van der Waals surface area contributed by atoms with Crippen LogP contribution >= 0.6 is 0 Å². The van der Waals surface area contributed by atoms with E-state index in [-0.39, 0.29) is 0 Å². The smallest absolute Gasteiger partial charge is 0.126 e. The highest BCUT2D eigenvalue weighted by Crippen LogP contribution is 2.40. The molecule has 0 atom stereocenters. The van der Waals surface area contributed by atoms with Crippen molar-refractivity contribution in [3.63, 3.8) is 0 Å². The van der Waals surface area contributed by atoms with Gasteiger partial charge < -0.3 is 37.2 Å². The fourth-order valence-electron chi connectivity index (χ4n) is 8.47. The molecular weight excluding hydrogens is 769 g/mol. The van der Waals surface area contributed by atoms with Gasteiger partial charge in [-0.15, -0.1) is 0 Å². The second kappa shape index (κ2) is 21.0. The van der Waals surface area contributed by atoms with Crippen LogP contribution in [0.2, 0.25) is 0 Å². The predicted octanol–water partition coefficient (Wildman–Crippen LogP) is 10.6. The molecule has 62 heavy (non-hydrogen) atoms. The maximum atomic E-state index is 6.83. The van der Waals surface area contributed by atoms with Crippen molar-refractivity contribution in [1.82, 2.24) is 9.13 Å². The SMILES string of the molecule is CCCOc1c2cccc1Cc1cc(Cn3c[c-][n+](C(C)C)c3)cc(c1OCCC)Cc1cccc(c1OCCC)Cc1cc(Cn3c[c-][n+](C(C)C)c3)cc(c1OCCC)C2. The van der Waals surface area contributed by atoms with Crippen LogP contribution in [0.1, 0.15) is 149 Å². The van der Waals surface area contributed by atoms with Crippen molar-refractivity contribution < 1.29 is 28.1 Å². The van der Waals surface area contributed by atoms with Gasteiger partial charge in [-0.1, -0.05) is 64.1 Å². The molecule has 1 aliphatic carbocycles. The minimum absolute atomic E-state index is 0.333. The molecule has 2 aromatic heterocycles. The third-order valence-electron chi connectivity index (χ3n) is 11.4. The minimum atomic E-state index is 0.333. The summed E-state index contributed by atoms with van der Waals surface area (Å²) in [7, 11) is 0. The van der Waals surface area contributed by atoms with E-state index in [9.17, 15) is 0 Å². The van der Waals surface area contributed by atoms with Gasteiger partial charge in [-0.05, 0) is 146 Å². The van der Waals surface area contributed by atoms with E-state index in [2.05, 4.69) is 172 Å². The molecule has 8 nitrogen and oxygen atoms in total. The first-order chi connectivity index (χ1) is 30.2. The molecule has 0 radical (unpaired) electrons. The summed E-state index contributed by atoms with van der Waals surface area (Å²) in [5, 5.41) is 0. The van der Waals surface area contributed by atoms with Gasteiger partial charge in [0.15, 0.2) is 0 Å². The second-order valence-electron chi connectivity index (χ2n) is 17.5. The lowest BCUT2D eigenvalue weighted by molar-refractivity contribution is -0.719. The summed E-state index contributed by atoms with van der Waals surface area (Å²) in [5.41, 5.74) is 11.7. The van der Waals surface area contributed by atoms with Crippen molar-refractivity contribution in [2.24, 2.45) is 0 Å². The van der Waals surface area contributed by atoms with E-state index in [0.717, 1.165) is 106 Å². The molecule has 0 fully saturated rings. The number of para-hydroxylation sites is 2. The van der Waals surface area contributed by atoms with Gasteiger partial charge in [-0.25, -0.2) is 0 Å². The highest BCUT2D eigenvalue weighted by Gasteiger charge is 2.24. The zero-order chi connectivity index (χ0) is 43.6. The van der Waals surface area contributed by atoms with Crippen molar-refractivity contribution in [2.45, 2.75) is 132 Å². The van der Waals surface area contributed by atoms with Crippen LogP contribution < -0.4 is 28.1 Å². The highest BCUT2D eigenvalue weighted by atomic mass is 16.5. The Hall–Kier alpha value is -5.50. The van der Waals surface area contributed by atoms with Gasteiger partial charge in [0.05, 0.1) is 64.3 Å². The molecule has 6 aromatic rings. The Morgan fingerprint density at radius 2 is 0.758 bits per heavy atom. The monoisotopic (exact) mass is 837 g/mol. The summed E-state index contributed by atoms with van der Waals surface area (Å²) in [6.45, 7) is 21.4. The van der Waals surface area contributed by atoms with E-state index in [4.69, 9.17) is 18.9 Å². The summed E-state index contributed by atoms with van der Waals surface area (Å²) >= 11 is 0. The van der Waals surface area contributed by atoms with Crippen LogP contribution in [0.4, 0.5) is 0 Å². The number of rotatable bonds is 18. The Labute approximate surface area is 371 Å². The van der Waals surface area contributed by atoms with E-state index in [0.29, 0.717) is 64.2 Å². The average Bonchev–Trinajstić information content (AvgIpc) is 3.93. The van der Waals surface area contributed by atoms with Crippen LogP contribution in [0.5, 0.6) is 23.0 Å². The summed E-state index contributed by atoms with van der Waals surface area (Å²) in [6.07, 6.45) is 21.6. The number of ether oxygens (including phenoxy) is 4. The van der Waals surface area contributed by atoms with Crippen molar-refractivity contribution in [2.75, 3.05) is 26.4 Å². The fourth-order valence-corrected chi connectivity index (χ4v) is 8.47. The molecule has 0 aliphatic heterocycles. The Morgan fingerprint density at radius 1 is 0.468 bits per heavy atom. The summed E-state index contributed by atoms with van der Waals surface area (Å²) in [4.78, 5) is 0. The van der Waals surface area contributed by atoms with Gasteiger partial charge >= 0.3 is 0 Å². The lowest BCUT2D eigenvalue weighted by atomic mass is 9.89. The first kappa shape index (κ1) is 44.6. The van der Waals surface area contributed by atoms with Gasteiger partial charge in [0, 0.05) is 38.1 Å². The lowest BCUT2D eigenvalue weighted by Gasteiger charge is -2.24. The van der Waals surface area contributed by atoms with Crippen LogP contribution in [-0.2, 0) is 38.8 Å². The van der Waals surface area contributed by atoms with Gasteiger partial charge in [-0.3, -0.25) is 0 Å². The maximum absolute atomic E-state index is 6.83. The molecule has 1 aliphatic rings. The van der Waals surface area contributed by atoms with Gasteiger partial charge in [0.25, 0.3) is 0 Å². The number of hydrogen-bond acceptors (Lipinski definition) is 4. The van der Waals surface area contributed by atoms with Crippen LogP contribution in [-0.4, -0.2) is 35.6 Å². The van der Waals surface area contributed by atoms with Gasteiger partial charge in [0.1, 0.15) is 23.0 Å². The maximum Gasteiger partial charge on any atom is 0.126 e. The zero-order valence-electron chi connectivity index (χ0n) is 38.6. The number of nitrogens with zero attached hydrogens (tertiary/aromatic N) is 4. The molecule has 0 N–H and O–H groups in total. The third-order valence-corrected chi connectivity index (χ3v) is 11.4. The molecule has 0 saturated carbocycles. The van der Waals surface area contributed by atoms with E-state index in [1.165, 1.54) is 11.1 Å². The van der Waals surface area contributed by atoms with Crippen LogP contribution in [0.15, 0.2) is 85.7 Å². The Kier molecular flexibility index (Phi) is 15.1. The summed E-state index contributed by atoms with van der Waals surface area (Å²) in [5.74, 6) is 3.84. The molecule has 328 valence electrons. The van der Waals surface area contributed by atoms with E-state index in [1.807, 2.05) is 0 Å². The standard InChI is InChI=1S/C54H68N4O4/c1-9-23-59-51-43-15-13-16-44(51)32-48-28-42(36-56-20-22-58(38-56)40(7)8)30-50(54(48)62-26-12-4)34-46-18-14-17-45(52(46)60-24-10-2)33-49-29-41(27-47(31-43)53(49)61-25-11-3)35-55-19-21-57(37-55)39(5)6/h13-20,27-30,37-40H,9-12,23-26,31-36H2,1-8H3. The minimum Gasteiger partial charge on any atom is -0.493 e. The van der Waals surface area contributed by atoms with Gasteiger partial charge in [0.2, 0.25) is 0 Å². The molecule has 7 rings (SSSR count). The summed E-state index contributed by atoms with van der Waals surface area (Å²) in [6, 6.07) is 23.4. The number of hydrogen-bond donors (Lipinski definition) is 0. The van der Waals surface area contributed by atoms with Crippen LogP contribution in [0, 0.1) is 12.4 Å². The topological polar surface area (TPSA) is 54.5 Å². The van der Waals surface area contributed by atoms with E-state index >= 15 is 0 Å². The molecule has 2 heterocycles. The van der Waals surface area contributed by atoms with Crippen molar-refractivity contribution in [3.8, 4) is 23.0 Å². The molecule has 0 spiro atoms. The van der Waals surface area contributed by atoms with Crippen molar-refractivity contribution in [3.05, 3.63) is 154 Å².